The van der Waals surface area contributed by atoms with Gasteiger partial charge in [0.2, 0.25) is 5.91 Å². The fourth-order valence-corrected chi connectivity index (χ4v) is 2.46. The van der Waals surface area contributed by atoms with Gasteiger partial charge in [-0.25, -0.2) is 4.39 Å². The van der Waals surface area contributed by atoms with Crippen molar-refractivity contribution in [1.29, 1.82) is 0 Å². The standard InChI is InChI=1S/C14H19FN2O/c15-12-4-2-11(3-5-12)14(7-1-8-14)10-17-13(18)6-9-16/h2-5H,1,6-10,16H2,(H,17,18). The summed E-state index contributed by atoms with van der Waals surface area (Å²) in [5.74, 6) is -0.230. The molecule has 0 atom stereocenters. The van der Waals surface area contributed by atoms with Crippen LogP contribution in [0.15, 0.2) is 24.3 Å². The molecule has 1 saturated carbocycles. The van der Waals surface area contributed by atoms with Crippen molar-refractivity contribution in [2.45, 2.75) is 31.1 Å². The van der Waals surface area contributed by atoms with Gasteiger partial charge in [-0.2, -0.15) is 0 Å². The molecule has 1 aliphatic carbocycles. The second-order valence-electron chi connectivity index (χ2n) is 4.96. The number of carbonyl (C=O) groups is 1. The lowest BCUT2D eigenvalue weighted by Crippen LogP contribution is -2.45. The van der Waals surface area contributed by atoms with Crippen LogP contribution in [0.25, 0.3) is 0 Å². The first-order chi connectivity index (χ1) is 8.66. The van der Waals surface area contributed by atoms with Gasteiger partial charge in [-0.15, -0.1) is 0 Å². The van der Waals surface area contributed by atoms with Gasteiger partial charge in [0.25, 0.3) is 0 Å². The van der Waals surface area contributed by atoms with Gasteiger partial charge >= 0.3 is 0 Å². The summed E-state index contributed by atoms with van der Waals surface area (Å²) in [5, 5.41) is 2.93. The molecule has 1 fully saturated rings. The van der Waals surface area contributed by atoms with Crippen LogP contribution in [0.5, 0.6) is 0 Å². The Kier molecular flexibility index (Phi) is 3.97. The summed E-state index contributed by atoms with van der Waals surface area (Å²) in [6.45, 7) is 0.993. The van der Waals surface area contributed by atoms with Crippen molar-refractivity contribution >= 4 is 5.91 Å². The van der Waals surface area contributed by atoms with Crippen LogP contribution < -0.4 is 11.1 Å². The summed E-state index contributed by atoms with van der Waals surface area (Å²) < 4.78 is 12.9. The highest BCUT2D eigenvalue weighted by Gasteiger charge is 2.38. The maximum absolute atomic E-state index is 12.9. The number of benzene rings is 1. The predicted molar refractivity (Wildman–Crippen MR) is 68.6 cm³/mol. The molecule has 4 heteroatoms. The number of nitrogens with two attached hydrogens (primary N) is 1. The fourth-order valence-electron chi connectivity index (χ4n) is 2.46. The smallest absolute Gasteiger partial charge is 0.221 e. The van der Waals surface area contributed by atoms with Gasteiger partial charge in [-0.1, -0.05) is 18.6 Å². The van der Waals surface area contributed by atoms with E-state index in [1.807, 2.05) is 12.1 Å². The molecule has 0 bridgehead atoms. The Morgan fingerprint density at radius 1 is 1.33 bits per heavy atom. The second-order valence-corrected chi connectivity index (χ2v) is 4.96. The molecule has 2 rings (SSSR count). The number of hydrogen-bond acceptors (Lipinski definition) is 2. The monoisotopic (exact) mass is 250 g/mol. The molecule has 0 radical (unpaired) electrons. The summed E-state index contributed by atoms with van der Waals surface area (Å²) in [6, 6.07) is 6.61. The van der Waals surface area contributed by atoms with Crippen LogP contribution in [0.3, 0.4) is 0 Å². The molecule has 3 nitrogen and oxygen atoms in total. The van der Waals surface area contributed by atoms with Gasteiger partial charge in [0.1, 0.15) is 5.82 Å². The number of rotatable bonds is 5. The normalized spacial score (nSPS) is 17.0. The maximum atomic E-state index is 12.9. The highest BCUT2D eigenvalue weighted by molar-refractivity contribution is 5.76. The second kappa shape index (κ2) is 5.48. The molecule has 0 heterocycles. The Balaban J connectivity index is 2.02. The Hall–Kier alpha value is -1.42. The van der Waals surface area contributed by atoms with E-state index in [9.17, 15) is 9.18 Å². The van der Waals surface area contributed by atoms with Crippen molar-refractivity contribution in [3.05, 3.63) is 35.6 Å². The van der Waals surface area contributed by atoms with Crippen LogP contribution in [0.1, 0.15) is 31.2 Å². The molecule has 0 unspecified atom stereocenters. The van der Waals surface area contributed by atoms with Crippen molar-refractivity contribution in [3.63, 3.8) is 0 Å². The topological polar surface area (TPSA) is 55.1 Å². The first-order valence-corrected chi connectivity index (χ1v) is 6.39. The first-order valence-electron chi connectivity index (χ1n) is 6.39. The highest BCUT2D eigenvalue weighted by atomic mass is 19.1. The third kappa shape index (κ3) is 2.70. The van der Waals surface area contributed by atoms with Gasteiger partial charge in [-0.3, -0.25) is 4.79 Å². The number of hydrogen-bond donors (Lipinski definition) is 2. The summed E-state index contributed by atoms with van der Waals surface area (Å²) in [4.78, 5) is 11.5. The summed E-state index contributed by atoms with van der Waals surface area (Å²) in [5.41, 5.74) is 6.45. The average molecular weight is 250 g/mol. The van der Waals surface area contributed by atoms with Crippen LogP contribution >= 0.6 is 0 Å². The molecule has 0 saturated heterocycles. The number of halogens is 1. The van der Waals surface area contributed by atoms with E-state index in [1.54, 1.807) is 0 Å². The molecule has 1 aromatic rings. The van der Waals surface area contributed by atoms with Crippen LogP contribution in [-0.2, 0) is 10.2 Å². The quantitative estimate of drug-likeness (QED) is 0.836. The minimum atomic E-state index is -0.222. The average Bonchev–Trinajstić information content (AvgIpc) is 2.30. The van der Waals surface area contributed by atoms with Crippen LogP contribution in [0.4, 0.5) is 4.39 Å². The van der Waals surface area contributed by atoms with E-state index in [2.05, 4.69) is 5.32 Å². The third-order valence-electron chi connectivity index (χ3n) is 3.76. The molecule has 3 N–H and O–H groups in total. The van der Waals surface area contributed by atoms with E-state index in [-0.39, 0.29) is 17.1 Å². The van der Waals surface area contributed by atoms with Crippen molar-refractivity contribution in [2.75, 3.05) is 13.1 Å². The molecular weight excluding hydrogens is 231 g/mol. The number of amides is 1. The van der Waals surface area contributed by atoms with Gasteiger partial charge in [0.15, 0.2) is 0 Å². The summed E-state index contributed by atoms with van der Waals surface area (Å²) >= 11 is 0. The van der Waals surface area contributed by atoms with Crippen molar-refractivity contribution < 1.29 is 9.18 Å². The first kappa shape index (κ1) is 13.0. The number of carbonyl (C=O) groups excluding carboxylic acids is 1. The molecular formula is C14H19FN2O. The van der Waals surface area contributed by atoms with Gasteiger partial charge in [-0.05, 0) is 30.5 Å². The number of nitrogens with one attached hydrogen (secondary N) is 1. The van der Waals surface area contributed by atoms with Crippen LogP contribution in [0, 0.1) is 5.82 Å². The minimum Gasteiger partial charge on any atom is -0.355 e. The van der Waals surface area contributed by atoms with E-state index in [0.717, 1.165) is 24.8 Å². The predicted octanol–water partition coefficient (Wildman–Crippen LogP) is 1.71. The van der Waals surface area contributed by atoms with Gasteiger partial charge in [0.05, 0.1) is 0 Å². The zero-order chi connectivity index (χ0) is 13.0. The van der Waals surface area contributed by atoms with Gasteiger partial charge < -0.3 is 11.1 Å². The molecule has 1 aliphatic rings. The van der Waals surface area contributed by atoms with E-state index in [1.165, 1.54) is 12.1 Å². The van der Waals surface area contributed by atoms with E-state index >= 15 is 0 Å². The molecule has 98 valence electrons. The maximum Gasteiger partial charge on any atom is 0.221 e. The zero-order valence-corrected chi connectivity index (χ0v) is 10.4. The molecule has 0 aliphatic heterocycles. The molecule has 1 aromatic carbocycles. The highest BCUT2D eigenvalue weighted by Crippen LogP contribution is 2.43. The summed E-state index contributed by atoms with van der Waals surface area (Å²) in [6.07, 6.45) is 3.60. The summed E-state index contributed by atoms with van der Waals surface area (Å²) in [7, 11) is 0. The SMILES string of the molecule is NCCC(=O)NCC1(c2ccc(F)cc2)CCC1. The Bertz CT molecular complexity index is 412. The molecule has 1 amide bonds. The largest absolute Gasteiger partial charge is 0.355 e. The molecule has 0 aromatic heterocycles. The Morgan fingerprint density at radius 2 is 2.00 bits per heavy atom. The lowest BCUT2D eigenvalue weighted by atomic mass is 9.64. The van der Waals surface area contributed by atoms with Crippen molar-refractivity contribution in [2.24, 2.45) is 5.73 Å². The molecule has 18 heavy (non-hydrogen) atoms. The van der Waals surface area contributed by atoms with E-state index < -0.39 is 0 Å². The van der Waals surface area contributed by atoms with Crippen LogP contribution in [-0.4, -0.2) is 19.0 Å². The van der Waals surface area contributed by atoms with Gasteiger partial charge in [0, 0.05) is 24.9 Å². The lowest BCUT2D eigenvalue weighted by Gasteiger charge is -2.42. The van der Waals surface area contributed by atoms with E-state index in [0.29, 0.717) is 19.5 Å². The van der Waals surface area contributed by atoms with E-state index in [4.69, 9.17) is 5.73 Å². The Labute approximate surface area is 107 Å². The Morgan fingerprint density at radius 3 is 2.50 bits per heavy atom. The third-order valence-corrected chi connectivity index (χ3v) is 3.76. The fraction of sp³-hybridized carbons (Fsp3) is 0.500. The molecule has 0 spiro atoms. The zero-order valence-electron chi connectivity index (χ0n) is 10.4. The van der Waals surface area contributed by atoms with Crippen molar-refractivity contribution in [1.82, 2.24) is 5.32 Å². The van der Waals surface area contributed by atoms with Crippen molar-refractivity contribution in [3.8, 4) is 0 Å². The lowest BCUT2D eigenvalue weighted by molar-refractivity contribution is -0.121. The minimum absolute atomic E-state index is 0.00203. The van der Waals surface area contributed by atoms with Crippen LogP contribution in [0.2, 0.25) is 0 Å².